The number of hydrogen-bond donors (Lipinski definition) is 0. The molecule has 0 spiro atoms. The van der Waals surface area contributed by atoms with Gasteiger partial charge in [-0.25, -0.2) is 0 Å². The summed E-state index contributed by atoms with van der Waals surface area (Å²) in [6.45, 7) is 7.95. The molecule has 0 radical (unpaired) electrons. The fourth-order valence-electron chi connectivity index (χ4n) is 4.37. The first kappa shape index (κ1) is 25.2. The van der Waals surface area contributed by atoms with Crippen molar-refractivity contribution in [1.29, 1.82) is 5.26 Å². The lowest BCUT2D eigenvalue weighted by molar-refractivity contribution is -0.170. The highest BCUT2D eigenvalue weighted by Crippen LogP contribution is 2.40. The van der Waals surface area contributed by atoms with E-state index in [1.807, 2.05) is 25.1 Å². The van der Waals surface area contributed by atoms with Crippen molar-refractivity contribution in [1.82, 2.24) is 4.57 Å². The molecule has 8 heteroatoms. The van der Waals surface area contributed by atoms with Crippen LogP contribution >= 0.6 is 0 Å². The van der Waals surface area contributed by atoms with Gasteiger partial charge in [0.2, 0.25) is 0 Å². The minimum absolute atomic E-state index is 0.107. The highest BCUT2D eigenvalue weighted by atomic mass is 19.4. The summed E-state index contributed by atoms with van der Waals surface area (Å²) >= 11 is 0. The van der Waals surface area contributed by atoms with E-state index in [1.54, 1.807) is 12.1 Å². The van der Waals surface area contributed by atoms with E-state index in [2.05, 4.69) is 24.5 Å². The summed E-state index contributed by atoms with van der Waals surface area (Å²) in [6, 6.07) is 14.4. The number of alkyl halides is 3. The summed E-state index contributed by atoms with van der Waals surface area (Å²) < 4.78 is 46.8. The van der Waals surface area contributed by atoms with Crippen LogP contribution in [0, 0.1) is 11.3 Å². The van der Waals surface area contributed by atoms with Crippen molar-refractivity contribution in [2.24, 2.45) is 0 Å². The lowest BCUT2D eigenvalue weighted by atomic mass is 10.0. The summed E-state index contributed by atoms with van der Waals surface area (Å²) in [7, 11) is 0. The number of aromatic nitrogens is 1. The monoisotopic (exact) mass is 471 g/mol. The molecule has 1 amide bonds. The Morgan fingerprint density at radius 3 is 2.24 bits per heavy atom. The van der Waals surface area contributed by atoms with Crippen molar-refractivity contribution in [3.8, 4) is 23.1 Å². The van der Waals surface area contributed by atoms with Crippen molar-refractivity contribution in [3.05, 3.63) is 48.0 Å². The van der Waals surface area contributed by atoms with Crippen LogP contribution in [0.5, 0.6) is 5.75 Å². The number of benzene rings is 2. The summed E-state index contributed by atoms with van der Waals surface area (Å²) in [4.78, 5) is 12.5. The van der Waals surface area contributed by atoms with E-state index in [-0.39, 0.29) is 18.3 Å². The van der Waals surface area contributed by atoms with E-state index >= 15 is 0 Å². The van der Waals surface area contributed by atoms with E-state index in [1.165, 1.54) is 19.1 Å². The van der Waals surface area contributed by atoms with Gasteiger partial charge in [0.05, 0.1) is 23.4 Å². The van der Waals surface area contributed by atoms with Crippen LogP contribution in [0.4, 0.5) is 18.9 Å². The van der Waals surface area contributed by atoms with Crippen LogP contribution in [0.25, 0.3) is 22.2 Å². The zero-order chi connectivity index (χ0) is 25.0. The van der Waals surface area contributed by atoms with Crippen LogP contribution in [-0.2, 0) is 4.79 Å². The van der Waals surface area contributed by atoms with Gasteiger partial charge in [-0.3, -0.25) is 4.79 Å². The molecule has 0 atom stereocenters. The molecule has 0 bridgehead atoms. The minimum Gasteiger partial charge on any atom is -0.494 e. The molecule has 0 saturated heterocycles. The second-order valence-corrected chi connectivity index (χ2v) is 7.88. The molecule has 0 N–H and O–H groups in total. The fourth-order valence-corrected chi connectivity index (χ4v) is 4.37. The Kier molecular flexibility index (Phi) is 7.55. The first-order valence-electron chi connectivity index (χ1n) is 11.4. The number of anilines is 1. The van der Waals surface area contributed by atoms with Gasteiger partial charge < -0.3 is 14.2 Å². The molecule has 180 valence electrons. The molecule has 34 heavy (non-hydrogen) atoms. The number of ether oxygens (including phenoxy) is 1. The predicted molar refractivity (Wildman–Crippen MR) is 127 cm³/mol. The van der Waals surface area contributed by atoms with Crippen LogP contribution < -0.4 is 9.64 Å². The second-order valence-electron chi connectivity index (χ2n) is 7.88. The van der Waals surface area contributed by atoms with Gasteiger partial charge in [-0.15, -0.1) is 0 Å². The number of nitriles is 1. The molecule has 2 aromatic carbocycles. The Morgan fingerprint density at radius 1 is 1.09 bits per heavy atom. The van der Waals surface area contributed by atoms with Gasteiger partial charge >= 0.3 is 12.1 Å². The van der Waals surface area contributed by atoms with Gasteiger partial charge in [0, 0.05) is 29.7 Å². The van der Waals surface area contributed by atoms with Gasteiger partial charge in [0.15, 0.2) is 0 Å². The predicted octanol–water partition coefficient (Wildman–Crippen LogP) is 6.85. The number of fused-ring (bicyclic) bond motifs is 1. The van der Waals surface area contributed by atoms with Gasteiger partial charge in [-0.1, -0.05) is 26.0 Å². The summed E-state index contributed by atoms with van der Waals surface area (Å²) in [5, 5.41) is 10.9. The number of amides is 1. The SMILES string of the molecule is CCOc1ccc2c(C#N)c(-c3ccc(N(CC)C(=O)C(F)(F)F)cc3)n(C(CC)CC)c2c1. The molecule has 0 fully saturated rings. The largest absolute Gasteiger partial charge is 0.494 e. The Balaban J connectivity index is 2.21. The highest BCUT2D eigenvalue weighted by Gasteiger charge is 2.42. The molecule has 0 unspecified atom stereocenters. The third-order valence-electron chi connectivity index (χ3n) is 5.96. The van der Waals surface area contributed by atoms with Crippen molar-refractivity contribution < 1.29 is 22.7 Å². The lowest BCUT2D eigenvalue weighted by Gasteiger charge is -2.23. The average molecular weight is 472 g/mol. The van der Waals surface area contributed by atoms with Crippen LogP contribution in [-0.4, -0.2) is 29.8 Å². The maximum absolute atomic E-state index is 13.0. The average Bonchev–Trinajstić information content (AvgIpc) is 3.14. The molecule has 1 heterocycles. The van der Waals surface area contributed by atoms with Gasteiger partial charge in [-0.2, -0.15) is 18.4 Å². The second kappa shape index (κ2) is 10.2. The van der Waals surface area contributed by atoms with E-state index in [9.17, 15) is 23.2 Å². The summed E-state index contributed by atoms with van der Waals surface area (Å²) in [5.74, 6) is -1.20. The van der Waals surface area contributed by atoms with Crippen molar-refractivity contribution >= 4 is 22.5 Å². The third-order valence-corrected chi connectivity index (χ3v) is 5.96. The molecule has 0 aliphatic carbocycles. The van der Waals surface area contributed by atoms with E-state index in [0.717, 1.165) is 23.7 Å². The number of hydrogen-bond acceptors (Lipinski definition) is 3. The van der Waals surface area contributed by atoms with E-state index in [4.69, 9.17) is 4.74 Å². The molecular formula is C26H28F3N3O2. The molecule has 1 aromatic heterocycles. The first-order valence-corrected chi connectivity index (χ1v) is 11.4. The van der Waals surface area contributed by atoms with Gasteiger partial charge in [0.25, 0.3) is 0 Å². The van der Waals surface area contributed by atoms with Gasteiger partial charge in [-0.05, 0) is 56.5 Å². The quantitative estimate of drug-likeness (QED) is 0.361. The van der Waals surface area contributed by atoms with Crippen molar-refractivity contribution in [2.75, 3.05) is 18.1 Å². The zero-order valence-electron chi connectivity index (χ0n) is 19.7. The Hall–Kier alpha value is -3.47. The number of carbonyl (C=O) groups is 1. The Labute approximate surface area is 197 Å². The number of halogens is 3. The lowest BCUT2D eigenvalue weighted by Crippen LogP contribution is -2.41. The van der Waals surface area contributed by atoms with E-state index < -0.39 is 12.1 Å². The number of carbonyl (C=O) groups excluding carboxylic acids is 1. The molecule has 5 nitrogen and oxygen atoms in total. The topological polar surface area (TPSA) is 58.3 Å². The minimum atomic E-state index is -4.96. The van der Waals surface area contributed by atoms with E-state index in [0.29, 0.717) is 34.1 Å². The summed E-state index contributed by atoms with van der Waals surface area (Å²) in [6.07, 6.45) is -3.29. The molecule has 0 aliphatic heterocycles. The standard InChI is InChI=1S/C26H28F3N3O2/c1-5-18(6-2)32-23-15-20(34-8-4)13-14-21(23)22(16-30)24(32)17-9-11-19(12-10-17)31(7-3)25(33)26(27,28)29/h9-15,18H,5-8H2,1-4H3. The molecular weight excluding hydrogens is 443 g/mol. The summed E-state index contributed by atoms with van der Waals surface area (Å²) in [5.41, 5.74) is 2.92. The number of nitrogens with zero attached hydrogens (tertiary/aromatic N) is 3. The number of rotatable bonds is 8. The maximum Gasteiger partial charge on any atom is 0.471 e. The van der Waals surface area contributed by atoms with Crippen LogP contribution in [0.15, 0.2) is 42.5 Å². The van der Waals surface area contributed by atoms with Crippen LogP contribution in [0.1, 0.15) is 52.1 Å². The normalized spacial score (nSPS) is 11.6. The highest BCUT2D eigenvalue weighted by molar-refractivity contribution is 5.98. The van der Waals surface area contributed by atoms with Gasteiger partial charge in [0.1, 0.15) is 11.8 Å². The first-order chi connectivity index (χ1) is 16.2. The fraction of sp³-hybridized carbons (Fsp3) is 0.385. The maximum atomic E-state index is 13.0. The molecule has 0 aliphatic rings. The molecule has 3 rings (SSSR count). The zero-order valence-corrected chi connectivity index (χ0v) is 19.7. The van der Waals surface area contributed by atoms with Crippen LogP contribution in [0.2, 0.25) is 0 Å². The Bertz CT molecular complexity index is 1200. The smallest absolute Gasteiger partial charge is 0.471 e. The van der Waals surface area contributed by atoms with Crippen molar-refractivity contribution in [3.63, 3.8) is 0 Å². The van der Waals surface area contributed by atoms with Crippen molar-refractivity contribution in [2.45, 2.75) is 52.8 Å². The third kappa shape index (κ3) is 4.60. The Morgan fingerprint density at radius 2 is 1.74 bits per heavy atom. The molecule has 0 saturated carbocycles. The molecule has 3 aromatic rings. The van der Waals surface area contributed by atoms with Crippen LogP contribution in [0.3, 0.4) is 0 Å².